The number of rotatable bonds is 5. The van der Waals surface area contributed by atoms with Gasteiger partial charge in [0.15, 0.2) is 6.61 Å². The average Bonchev–Trinajstić information content (AvgIpc) is 2.47. The fourth-order valence-corrected chi connectivity index (χ4v) is 1.60. The van der Waals surface area contributed by atoms with E-state index in [0.717, 1.165) is 5.56 Å². The molecule has 0 aliphatic rings. The quantitative estimate of drug-likeness (QED) is 0.618. The lowest BCUT2D eigenvalue weighted by Crippen LogP contribution is -2.19. The van der Waals surface area contributed by atoms with Crippen molar-refractivity contribution in [3.63, 3.8) is 0 Å². The number of hydrogen-bond acceptors (Lipinski definition) is 4. The maximum absolute atomic E-state index is 11.5. The fourth-order valence-electron chi connectivity index (χ4n) is 1.60. The smallest absolute Gasteiger partial charge is 0.349 e. The molecule has 4 nitrogen and oxygen atoms in total. The van der Waals surface area contributed by atoms with Crippen molar-refractivity contribution in [1.82, 2.24) is 0 Å². The van der Waals surface area contributed by atoms with Crippen molar-refractivity contribution in [2.45, 2.75) is 6.42 Å². The van der Waals surface area contributed by atoms with E-state index in [1.807, 2.05) is 36.4 Å². The van der Waals surface area contributed by atoms with Crippen molar-refractivity contribution >= 4 is 11.9 Å². The molecule has 0 saturated heterocycles. The first kappa shape index (κ1) is 13.8. The highest BCUT2D eigenvalue weighted by molar-refractivity contribution is 5.79. The van der Waals surface area contributed by atoms with Crippen LogP contribution >= 0.6 is 0 Å². The van der Waals surface area contributed by atoms with Gasteiger partial charge in [-0.1, -0.05) is 48.5 Å². The summed E-state index contributed by atoms with van der Waals surface area (Å²) < 4.78 is 9.87. The third-order valence-electron chi connectivity index (χ3n) is 2.52. The minimum atomic E-state index is -0.599. The molecule has 0 fully saturated rings. The minimum absolute atomic E-state index is 0.138. The summed E-state index contributed by atoms with van der Waals surface area (Å²) in [6.07, 6.45) is 0.138. The van der Waals surface area contributed by atoms with Gasteiger partial charge in [-0.2, -0.15) is 0 Å². The van der Waals surface area contributed by atoms with Gasteiger partial charge in [-0.15, -0.1) is 0 Å². The summed E-state index contributed by atoms with van der Waals surface area (Å²) >= 11 is 0. The molecule has 4 heteroatoms. The van der Waals surface area contributed by atoms with Gasteiger partial charge in [0.2, 0.25) is 0 Å². The summed E-state index contributed by atoms with van der Waals surface area (Å²) in [7, 11) is 0. The average molecular weight is 270 g/mol. The van der Waals surface area contributed by atoms with Crippen LogP contribution < -0.4 is 4.74 Å². The topological polar surface area (TPSA) is 52.6 Å². The zero-order valence-corrected chi connectivity index (χ0v) is 10.8. The van der Waals surface area contributed by atoms with Crippen LogP contribution in [0.5, 0.6) is 5.75 Å². The molecule has 0 amide bonds. The third-order valence-corrected chi connectivity index (χ3v) is 2.52. The van der Waals surface area contributed by atoms with Gasteiger partial charge in [0.05, 0.1) is 6.42 Å². The monoisotopic (exact) mass is 270 g/mol. The molecule has 0 saturated carbocycles. The normalized spacial score (nSPS) is 9.80. The first-order chi connectivity index (χ1) is 9.74. The molecule has 0 bridgehead atoms. The Kier molecular flexibility index (Phi) is 4.89. The second kappa shape index (κ2) is 7.09. The number of para-hydroxylation sites is 1. The van der Waals surface area contributed by atoms with Crippen LogP contribution in [0.15, 0.2) is 60.7 Å². The summed E-state index contributed by atoms with van der Waals surface area (Å²) in [6, 6.07) is 17.8. The predicted octanol–water partition coefficient (Wildman–Crippen LogP) is 2.38. The second-order valence-corrected chi connectivity index (χ2v) is 4.11. The number of esters is 2. The van der Waals surface area contributed by atoms with Crippen LogP contribution in [-0.2, 0) is 20.7 Å². The molecule has 2 rings (SSSR count). The van der Waals surface area contributed by atoms with E-state index >= 15 is 0 Å². The molecule has 0 heterocycles. The van der Waals surface area contributed by atoms with Gasteiger partial charge in [-0.3, -0.25) is 4.79 Å². The van der Waals surface area contributed by atoms with Crippen LogP contribution in [0.2, 0.25) is 0 Å². The molecule has 2 aromatic rings. The van der Waals surface area contributed by atoms with Crippen molar-refractivity contribution in [3.05, 3.63) is 66.2 Å². The fraction of sp³-hybridized carbons (Fsp3) is 0.125. The molecule has 0 aliphatic carbocycles. The molecule has 20 heavy (non-hydrogen) atoms. The Balaban J connectivity index is 1.75. The number of benzene rings is 2. The molecule has 102 valence electrons. The summed E-state index contributed by atoms with van der Waals surface area (Å²) in [5.74, 6) is -0.629. The van der Waals surface area contributed by atoms with E-state index in [1.54, 1.807) is 24.3 Å². The minimum Gasteiger partial charge on any atom is -0.453 e. The van der Waals surface area contributed by atoms with Crippen LogP contribution in [-0.4, -0.2) is 18.5 Å². The Labute approximate surface area is 116 Å². The predicted molar refractivity (Wildman–Crippen MR) is 73.2 cm³/mol. The lowest BCUT2D eigenvalue weighted by atomic mass is 10.2. The lowest BCUT2D eigenvalue weighted by Gasteiger charge is -2.05. The summed E-state index contributed by atoms with van der Waals surface area (Å²) in [4.78, 5) is 23.0. The van der Waals surface area contributed by atoms with E-state index < -0.39 is 11.9 Å². The van der Waals surface area contributed by atoms with Crippen molar-refractivity contribution in [2.75, 3.05) is 6.61 Å². The van der Waals surface area contributed by atoms with Crippen LogP contribution in [0.25, 0.3) is 0 Å². The van der Waals surface area contributed by atoms with E-state index in [1.165, 1.54) is 0 Å². The molecule has 0 unspecified atom stereocenters. The molecule has 0 aromatic heterocycles. The number of carbonyl (C=O) groups excluding carboxylic acids is 2. The van der Waals surface area contributed by atoms with E-state index in [9.17, 15) is 9.59 Å². The standard InChI is InChI=1S/C16H14O4/c17-15(11-13-7-3-1-4-8-13)19-12-16(18)20-14-9-5-2-6-10-14/h1-10H,11-12H2. The van der Waals surface area contributed by atoms with Gasteiger partial charge in [-0.25, -0.2) is 4.79 Å². The molecular formula is C16H14O4. The maximum atomic E-state index is 11.5. The number of hydrogen-bond donors (Lipinski definition) is 0. The lowest BCUT2D eigenvalue weighted by molar-refractivity contribution is -0.153. The Morgan fingerprint density at radius 2 is 1.40 bits per heavy atom. The SMILES string of the molecule is O=C(Cc1ccccc1)OCC(=O)Oc1ccccc1. The van der Waals surface area contributed by atoms with Gasteiger partial charge >= 0.3 is 11.9 Å². The second-order valence-electron chi connectivity index (χ2n) is 4.11. The van der Waals surface area contributed by atoms with Crippen molar-refractivity contribution in [2.24, 2.45) is 0 Å². The molecule has 0 aliphatic heterocycles. The van der Waals surface area contributed by atoms with Gasteiger partial charge < -0.3 is 9.47 Å². The largest absolute Gasteiger partial charge is 0.453 e. The van der Waals surface area contributed by atoms with Gasteiger partial charge in [-0.05, 0) is 17.7 Å². The van der Waals surface area contributed by atoms with Gasteiger partial charge in [0.25, 0.3) is 0 Å². The summed E-state index contributed by atoms with van der Waals surface area (Å²) in [6.45, 7) is -0.388. The molecule has 0 atom stereocenters. The Bertz CT molecular complexity index is 510. The maximum Gasteiger partial charge on any atom is 0.349 e. The van der Waals surface area contributed by atoms with Gasteiger partial charge in [0.1, 0.15) is 5.75 Å². The van der Waals surface area contributed by atoms with Crippen molar-refractivity contribution < 1.29 is 19.1 Å². The first-order valence-electron chi connectivity index (χ1n) is 6.19. The van der Waals surface area contributed by atoms with E-state index in [2.05, 4.69) is 0 Å². The summed E-state index contributed by atoms with van der Waals surface area (Å²) in [5, 5.41) is 0. The van der Waals surface area contributed by atoms with Crippen molar-refractivity contribution in [3.8, 4) is 5.75 Å². The van der Waals surface area contributed by atoms with Gasteiger partial charge in [0, 0.05) is 0 Å². The molecular weight excluding hydrogens is 256 g/mol. The van der Waals surface area contributed by atoms with E-state index in [0.29, 0.717) is 5.75 Å². The highest BCUT2D eigenvalue weighted by Gasteiger charge is 2.10. The molecule has 0 spiro atoms. The number of carbonyl (C=O) groups is 2. The molecule has 2 aromatic carbocycles. The molecule has 0 N–H and O–H groups in total. The van der Waals surface area contributed by atoms with E-state index in [-0.39, 0.29) is 13.0 Å². The highest BCUT2D eigenvalue weighted by Crippen LogP contribution is 2.08. The van der Waals surface area contributed by atoms with Crippen LogP contribution in [0.4, 0.5) is 0 Å². The third kappa shape index (κ3) is 4.57. The zero-order chi connectivity index (χ0) is 14.2. The van der Waals surface area contributed by atoms with Crippen LogP contribution in [0.3, 0.4) is 0 Å². The van der Waals surface area contributed by atoms with Crippen LogP contribution in [0, 0.1) is 0 Å². The Morgan fingerprint density at radius 1 is 0.800 bits per heavy atom. The Morgan fingerprint density at radius 3 is 2.05 bits per heavy atom. The Hall–Kier alpha value is -2.62. The first-order valence-corrected chi connectivity index (χ1v) is 6.19. The van der Waals surface area contributed by atoms with Crippen LogP contribution in [0.1, 0.15) is 5.56 Å². The van der Waals surface area contributed by atoms with Crippen molar-refractivity contribution in [1.29, 1.82) is 0 Å². The molecule has 0 radical (unpaired) electrons. The zero-order valence-electron chi connectivity index (χ0n) is 10.8. The summed E-state index contributed by atoms with van der Waals surface area (Å²) in [5.41, 5.74) is 0.842. The van der Waals surface area contributed by atoms with E-state index in [4.69, 9.17) is 9.47 Å². The number of ether oxygens (including phenoxy) is 2. The highest BCUT2D eigenvalue weighted by atomic mass is 16.6.